The van der Waals surface area contributed by atoms with Crippen LogP contribution in [0.15, 0.2) is 17.2 Å². The van der Waals surface area contributed by atoms with Crippen LogP contribution in [0.25, 0.3) is 17.1 Å². The molecule has 3 aromatic rings. The van der Waals surface area contributed by atoms with Gasteiger partial charge >= 0.3 is 6.01 Å². The average molecular weight is 275 g/mol. The Kier molecular flexibility index (Phi) is 2.49. The average Bonchev–Trinajstić information content (AvgIpc) is 2.77. The lowest BCUT2D eigenvalue weighted by Crippen LogP contribution is -2.12. The zero-order valence-electron chi connectivity index (χ0n) is 10.2. The zero-order chi connectivity index (χ0) is 14.3. The van der Waals surface area contributed by atoms with Gasteiger partial charge in [0.25, 0.3) is 5.56 Å². The maximum Gasteiger partial charge on any atom is 0.305 e. The second-order valence-corrected chi connectivity index (χ2v) is 3.79. The zero-order valence-corrected chi connectivity index (χ0v) is 10.2. The summed E-state index contributed by atoms with van der Waals surface area (Å²) < 4.78 is 6.42. The van der Waals surface area contributed by atoms with Crippen LogP contribution in [0, 0.1) is 0 Å². The number of fused-ring (bicyclic) bond motifs is 1. The van der Waals surface area contributed by atoms with Gasteiger partial charge in [0.15, 0.2) is 17.0 Å². The molecule has 4 N–H and O–H groups in total. The highest BCUT2D eigenvalue weighted by atomic mass is 16.5. The number of aromatic amines is 1. The summed E-state index contributed by atoms with van der Waals surface area (Å²) >= 11 is 0. The van der Waals surface area contributed by atoms with Crippen LogP contribution < -0.4 is 16.0 Å². The van der Waals surface area contributed by atoms with Crippen molar-refractivity contribution in [1.29, 1.82) is 0 Å². The first-order valence-corrected chi connectivity index (χ1v) is 5.43. The van der Waals surface area contributed by atoms with Crippen molar-refractivity contribution in [2.45, 2.75) is 0 Å². The maximum absolute atomic E-state index is 11.4. The highest BCUT2D eigenvalue weighted by Gasteiger charge is 2.18. The second kappa shape index (κ2) is 4.19. The molecule has 20 heavy (non-hydrogen) atoms. The monoisotopic (exact) mass is 275 g/mol. The van der Waals surface area contributed by atoms with Gasteiger partial charge in [-0.15, -0.1) is 0 Å². The predicted molar refractivity (Wildman–Crippen MR) is 67.7 cm³/mol. The quantitative estimate of drug-likeness (QED) is 0.550. The molecule has 0 spiro atoms. The molecule has 0 saturated heterocycles. The second-order valence-electron chi connectivity index (χ2n) is 3.79. The molecule has 0 fully saturated rings. The molecule has 3 aromatic heterocycles. The molecule has 0 saturated carbocycles. The summed E-state index contributed by atoms with van der Waals surface area (Å²) in [4.78, 5) is 29.6. The molecule has 3 heterocycles. The molecule has 0 bridgehead atoms. The van der Waals surface area contributed by atoms with Gasteiger partial charge in [0, 0.05) is 0 Å². The molecule has 0 unspecified atom stereocenters. The molecule has 0 aliphatic rings. The predicted octanol–water partition coefficient (Wildman–Crippen LogP) is -0.805. The van der Waals surface area contributed by atoms with E-state index >= 15 is 0 Å². The number of ether oxygens (including phenoxy) is 1. The van der Waals surface area contributed by atoms with Crippen LogP contribution in [0.4, 0.5) is 5.82 Å². The van der Waals surface area contributed by atoms with E-state index in [-0.39, 0.29) is 17.8 Å². The van der Waals surface area contributed by atoms with Crippen molar-refractivity contribution in [1.82, 2.24) is 29.5 Å². The molecule has 0 aliphatic heterocycles. The highest BCUT2D eigenvalue weighted by molar-refractivity contribution is 5.83. The minimum absolute atomic E-state index is 0.00690. The van der Waals surface area contributed by atoms with Crippen LogP contribution in [0.1, 0.15) is 0 Å². The standard InChI is InChI=1S/C10H9N7O3/c1-20-10-16-6-7(11)12-3-13-8(6)17(10)9-14-4(18)2-5(19)15-9/h2-3H,1H3,(H2,11,12,13)(H2,14,15,18,19). The van der Waals surface area contributed by atoms with Crippen LogP contribution in [0.5, 0.6) is 11.9 Å². The number of nitrogens with zero attached hydrogens (tertiary/aromatic N) is 5. The Morgan fingerprint density at radius 1 is 1.40 bits per heavy atom. The topological polar surface area (TPSA) is 145 Å². The van der Waals surface area contributed by atoms with Gasteiger partial charge < -0.3 is 15.6 Å². The third-order valence-electron chi connectivity index (χ3n) is 2.55. The number of nitrogens with one attached hydrogen (secondary N) is 1. The SMILES string of the molecule is COc1nc2c(N)ncnc2n1-c1nc(O)cc(=O)[nH]1. The van der Waals surface area contributed by atoms with Gasteiger partial charge in [0.1, 0.15) is 6.33 Å². The largest absolute Gasteiger partial charge is 0.493 e. The van der Waals surface area contributed by atoms with E-state index in [0.29, 0.717) is 11.2 Å². The van der Waals surface area contributed by atoms with Crippen LogP contribution in [0.2, 0.25) is 0 Å². The van der Waals surface area contributed by atoms with Gasteiger partial charge in [0.05, 0.1) is 13.2 Å². The van der Waals surface area contributed by atoms with Crippen molar-refractivity contribution in [2.24, 2.45) is 0 Å². The van der Waals surface area contributed by atoms with Gasteiger partial charge in [-0.05, 0) is 0 Å². The van der Waals surface area contributed by atoms with E-state index in [1.165, 1.54) is 18.0 Å². The maximum atomic E-state index is 11.4. The molecule has 0 amide bonds. The Hall–Kier alpha value is -3.17. The lowest BCUT2D eigenvalue weighted by atomic mass is 10.5. The Morgan fingerprint density at radius 3 is 2.90 bits per heavy atom. The Bertz CT molecular complexity index is 854. The van der Waals surface area contributed by atoms with E-state index in [2.05, 4.69) is 24.9 Å². The smallest absolute Gasteiger partial charge is 0.305 e. The van der Waals surface area contributed by atoms with Gasteiger partial charge in [-0.3, -0.25) is 9.78 Å². The van der Waals surface area contributed by atoms with Gasteiger partial charge in [-0.1, -0.05) is 0 Å². The van der Waals surface area contributed by atoms with Crippen LogP contribution in [-0.2, 0) is 0 Å². The summed E-state index contributed by atoms with van der Waals surface area (Å²) in [5.41, 5.74) is 5.77. The summed E-state index contributed by atoms with van der Waals surface area (Å²) in [5, 5.41) is 9.42. The number of nitrogen functional groups attached to an aromatic ring is 1. The molecule has 0 aliphatic carbocycles. The van der Waals surface area contributed by atoms with Crippen LogP contribution in [0.3, 0.4) is 0 Å². The van der Waals surface area contributed by atoms with Gasteiger partial charge in [0.2, 0.25) is 11.8 Å². The first-order chi connectivity index (χ1) is 9.60. The Balaban J connectivity index is 2.40. The van der Waals surface area contributed by atoms with E-state index in [9.17, 15) is 9.90 Å². The highest BCUT2D eigenvalue weighted by Crippen LogP contribution is 2.24. The molecule has 0 atom stereocenters. The molecule has 0 radical (unpaired) electrons. The Labute approximate surface area is 110 Å². The lowest BCUT2D eigenvalue weighted by Gasteiger charge is -2.05. The molecular formula is C10H9N7O3. The number of aromatic hydroxyl groups is 1. The minimum atomic E-state index is -0.529. The molecule has 0 aromatic carbocycles. The summed E-state index contributed by atoms with van der Waals surface area (Å²) in [5.74, 6) is -0.267. The molecular weight excluding hydrogens is 266 g/mol. The van der Waals surface area contributed by atoms with E-state index in [0.717, 1.165) is 6.07 Å². The summed E-state index contributed by atoms with van der Waals surface area (Å²) in [6, 6.07) is 1.04. The Morgan fingerprint density at radius 2 is 2.20 bits per heavy atom. The molecule has 10 nitrogen and oxygen atoms in total. The normalized spacial score (nSPS) is 10.8. The molecule has 102 valence electrons. The molecule has 3 rings (SSSR count). The number of rotatable bonds is 2. The number of imidazole rings is 1. The van der Waals surface area contributed by atoms with Crippen molar-refractivity contribution >= 4 is 17.0 Å². The fourth-order valence-corrected chi connectivity index (χ4v) is 1.76. The fourth-order valence-electron chi connectivity index (χ4n) is 1.76. The van der Waals surface area contributed by atoms with Gasteiger partial charge in [-0.25, -0.2) is 14.5 Å². The first-order valence-electron chi connectivity index (χ1n) is 5.43. The number of hydrogen-bond donors (Lipinski definition) is 3. The summed E-state index contributed by atoms with van der Waals surface area (Å²) in [7, 11) is 1.39. The number of aromatic nitrogens is 6. The number of anilines is 1. The van der Waals surface area contributed by atoms with Crippen molar-refractivity contribution < 1.29 is 9.84 Å². The lowest BCUT2D eigenvalue weighted by molar-refractivity contribution is 0.372. The minimum Gasteiger partial charge on any atom is -0.493 e. The van der Waals surface area contributed by atoms with E-state index in [4.69, 9.17) is 10.5 Å². The third-order valence-corrected chi connectivity index (χ3v) is 2.55. The van der Waals surface area contributed by atoms with Crippen molar-refractivity contribution in [2.75, 3.05) is 12.8 Å². The van der Waals surface area contributed by atoms with E-state index in [1.807, 2.05) is 0 Å². The van der Waals surface area contributed by atoms with Crippen LogP contribution >= 0.6 is 0 Å². The van der Waals surface area contributed by atoms with Crippen molar-refractivity contribution in [3.8, 4) is 17.8 Å². The summed E-state index contributed by atoms with van der Waals surface area (Å²) in [6.45, 7) is 0. The molecule has 10 heteroatoms. The number of nitrogens with two attached hydrogens (primary N) is 1. The number of methoxy groups -OCH3 is 1. The fraction of sp³-hybridized carbons (Fsp3) is 0.100. The first kappa shape index (κ1) is 11.9. The van der Waals surface area contributed by atoms with Gasteiger partial charge in [-0.2, -0.15) is 9.97 Å². The van der Waals surface area contributed by atoms with Crippen LogP contribution in [-0.4, -0.2) is 41.7 Å². The summed E-state index contributed by atoms with van der Waals surface area (Å²) in [6.07, 6.45) is 1.25. The van der Waals surface area contributed by atoms with Crippen molar-refractivity contribution in [3.63, 3.8) is 0 Å². The third kappa shape index (κ3) is 1.70. The van der Waals surface area contributed by atoms with E-state index in [1.54, 1.807) is 0 Å². The van der Waals surface area contributed by atoms with Crippen molar-refractivity contribution in [3.05, 3.63) is 22.7 Å². The number of H-pyrrole nitrogens is 1. The number of hydrogen-bond acceptors (Lipinski definition) is 8. The van der Waals surface area contributed by atoms with E-state index < -0.39 is 11.4 Å².